The number of methoxy groups -OCH3 is 1. The average Bonchev–Trinajstić information content (AvgIpc) is 2.95. The SMILES string of the molecule is CCc1cccc(NC(=O)c2sc3cccc(F)c3c2COC)c1. The molecular formula is C19H18FNO2S. The summed E-state index contributed by atoms with van der Waals surface area (Å²) < 4.78 is 20.1. The van der Waals surface area contributed by atoms with Gasteiger partial charge in [-0.3, -0.25) is 4.79 Å². The predicted molar refractivity (Wildman–Crippen MR) is 96.3 cm³/mol. The van der Waals surface area contributed by atoms with Crippen LogP contribution >= 0.6 is 11.3 Å². The van der Waals surface area contributed by atoms with Gasteiger partial charge in [-0.25, -0.2) is 4.39 Å². The largest absolute Gasteiger partial charge is 0.380 e. The molecule has 0 fully saturated rings. The molecular weight excluding hydrogens is 325 g/mol. The quantitative estimate of drug-likeness (QED) is 0.708. The average molecular weight is 343 g/mol. The van der Waals surface area contributed by atoms with Gasteiger partial charge in [0.25, 0.3) is 5.91 Å². The Morgan fingerprint density at radius 3 is 2.79 bits per heavy atom. The van der Waals surface area contributed by atoms with Gasteiger partial charge in [-0.2, -0.15) is 0 Å². The Labute approximate surface area is 144 Å². The maximum absolute atomic E-state index is 14.2. The Morgan fingerprint density at radius 2 is 2.04 bits per heavy atom. The number of amides is 1. The molecule has 3 rings (SSSR count). The van der Waals surface area contributed by atoms with Gasteiger partial charge < -0.3 is 10.1 Å². The number of carbonyl (C=O) groups is 1. The van der Waals surface area contributed by atoms with Crippen LogP contribution in [0, 0.1) is 5.82 Å². The fraction of sp³-hybridized carbons (Fsp3) is 0.211. The molecule has 3 nitrogen and oxygen atoms in total. The van der Waals surface area contributed by atoms with Gasteiger partial charge in [0.1, 0.15) is 5.82 Å². The highest BCUT2D eigenvalue weighted by Crippen LogP contribution is 2.34. The van der Waals surface area contributed by atoms with Crippen LogP contribution in [0.5, 0.6) is 0 Å². The Morgan fingerprint density at radius 1 is 1.25 bits per heavy atom. The van der Waals surface area contributed by atoms with Crippen molar-refractivity contribution in [3.63, 3.8) is 0 Å². The molecule has 0 atom stereocenters. The highest BCUT2D eigenvalue weighted by Gasteiger charge is 2.20. The van der Waals surface area contributed by atoms with E-state index in [1.165, 1.54) is 24.5 Å². The Bertz CT molecular complexity index is 888. The van der Waals surface area contributed by atoms with Crippen LogP contribution in [-0.4, -0.2) is 13.0 Å². The lowest BCUT2D eigenvalue weighted by molar-refractivity contribution is 0.102. The molecule has 0 bridgehead atoms. The number of benzene rings is 2. The molecule has 0 aliphatic carbocycles. The van der Waals surface area contributed by atoms with Crippen molar-refractivity contribution in [2.45, 2.75) is 20.0 Å². The first-order chi connectivity index (χ1) is 11.6. The molecule has 1 heterocycles. The van der Waals surface area contributed by atoms with E-state index in [1.807, 2.05) is 30.3 Å². The van der Waals surface area contributed by atoms with E-state index in [4.69, 9.17) is 4.74 Å². The number of aryl methyl sites for hydroxylation is 1. The zero-order chi connectivity index (χ0) is 17.1. The standard InChI is InChI=1S/C19H18FNO2S/c1-3-12-6-4-7-13(10-12)21-19(22)18-14(11-23-2)17-15(20)8-5-9-16(17)24-18/h4-10H,3,11H2,1-2H3,(H,21,22). The third kappa shape index (κ3) is 3.18. The fourth-order valence-corrected chi connectivity index (χ4v) is 3.81. The van der Waals surface area contributed by atoms with E-state index in [2.05, 4.69) is 12.2 Å². The Hall–Kier alpha value is -2.24. The maximum Gasteiger partial charge on any atom is 0.266 e. The van der Waals surface area contributed by atoms with Crippen LogP contribution in [0.2, 0.25) is 0 Å². The summed E-state index contributed by atoms with van der Waals surface area (Å²) in [5.41, 5.74) is 2.48. The highest BCUT2D eigenvalue weighted by molar-refractivity contribution is 7.21. The van der Waals surface area contributed by atoms with Crippen LogP contribution in [-0.2, 0) is 17.8 Å². The van der Waals surface area contributed by atoms with Crippen molar-refractivity contribution in [1.82, 2.24) is 0 Å². The fourth-order valence-electron chi connectivity index (χ4n) is 2.69. The third-order valence-electron chi connectivity index (χ3n) is 3.85. The summed E-state index contributed by atoms with van der Waals surface area (Å²) >= 11 is 1.28. The lowest BCUT2D eigenvalue weighted by Gasteiger charge is -2.07. The number of thiophene rings is 1. The summed E-state index contributed by atoms with van der Waals surface area (Å²) in [6.07, 6.45) is 0.896. The first kappa shape index (κ1) is 16.6. The van der Waals surface area contributed by atoms with E-state index < -0.39 is 0 Å². The van der Waals surface area contributed by atoms with Crippen molar-refractivity contribution in [3.8, 4) is 0 Å². The molecule has 5 heteroatoms. The monoisotopic (exact) mass is 343 g/mol. The number of fused-ring (bicyclic) bond motifs is 1. The van der Waals surface area contributed by atoms with Crippen LogP contribution in [0.15, 0.2) is 42.5 Å². The molecule has 0 unspecified atom stereocenters. The number of carbonyl (C=O) groups excluding carboxylic acids is 1. The molecule has 1 amide bonds. The molecule has 1 aromatic heterocycles. The van der Waals surface area contributed by atoms with Gasteiger partial charge in [-0.1, -0.05) is 25.1 Å². The number of nitrogens with one attached hydrogen (secondary N) is 1. The van der Waals surface area contributed by atoms with Crippen molar-refractivity contribution in [3.05, 3.63) is 64.3 Å². The molecule has 0 aliphatic rings. The summed E-state index contributed by atoms with van der Waals surface area (Å²) in [6, 6.07) is 12.6. The zero-order valence-electron chi connectivity index (χ0n) is 13.6. The first-order valence-electron chi connectivity index (χ1n) is 7.73. The normalized spacial score (nSPS) is 11.0. The number of ether oxygens (including phenoxy) is 1. The van der Waals surface area contributed by atoms with Crippen LogP contribution in [0.4, 0.5) is 10.1 Å². The summed E-state index contributed by atoms with van der Waals surface area (Å²) in [7, 11) is 1.54. The molecule has 1 N–H and O–H groups in total. The second-order valence-corrected chi connectivity index (χ2v) is 6.52. The van der Waals surface area contributed by atoms with E-state index in [1.54, 1.807) is 6.07 Å². The molecule has 0 saturated heterocycles. The van der Waals surface area contributed by atoms with Gasteiger partial charge in [-0.05, 0) is 36.2 Å². The molecule has 24 heavy (non-hydrogen) atoms. The molecule has 0 saturated carbocycles. The van der Waals surface area contributed by atoms with Crippen LogP contribution in [0.1, 0.15) is 27.7 Å². The highest BCUT2D eigenvalue weighted by atomic mass is 32.1. The van der Waals surface area contributed by atoms with Crippen LogP contribution < -0.4 is 5.32 Å². The minimum Gasteiger partial charge on any atom is -0.380 e. The number of rotatable bonds is 5. The summed E-state index contributed by atoms with van der Waals surface area (Å²) in [5, 5.41) is 3.37. The first-order valence-corrected chi connectivity index (χ1v) is 8.54. The van der Waals surface area contributed by atoms with E-state index >= 15 is 0 Å². The predicted octanol–water partition coefficient (Wildman–Crippen LogP) is 5.00. The van der Waals surface area contributed by atoms with Crippen molar-refractivity contribution >= 4 is 33.0 Å². The minimum atomic E-state index is -0.331. The number of anilines is 1. The lowest BCUT2D eigenvalue weighted by atomic mass is 10.1. The Kier molecular flexibility index (Phi) is 4.92. The van der Waals surface area contributed by atoms with E-state index in [0.29, 0.717) is 15.8 Å². The smallest absolute Gasteiger partial charge is 0.266 e. The second kappa shape index (κ2) is 7.11. The molecule has 124 valence electrons. The van der Waals surface area contributed by atoms with E-state index in [9.17, 15) is 9.18 Å². The third-order valence-corrected chi connectivity index (χ3v) is 5.05. The summed E-state index contributed by atoms with van der Waals surface area (Å²) in [4.78, 5) is 13.2. The van der Waals surface area contributed by atoms with Gasteiger partial charge in [-0.15, -0.1) is 11.3 Å². The Balaban J connectivity index is 1.99. The van der Waals surface area contributed by atoms with Gasteiger partial charge >= 0.3 is 0 Å². The van der Waals surface area contributed by atoms with Gasteiger partial charge in [0.05, 0.1) is 11.5 Å². The molecule has 0 radical (unpaired) electrons. The van der Waals surface area contributed by atoms with Gasteiger partial charge in [0.15, 0.2) is 0 Å². The van der Waals surface area contributed by atoms with Crippen LogP contribution in [0.25, 0.3) is 10.1 Å². The van der Waals surface area contributed by atoms with Crippen molar-refractivity contribution in [2.24, 2.45) is 0 Å². The summed E-state index contributed by atoms with van der Waals surface area (Å²) in [5.74, 6) is -0.571. The summed E-state index contributed by atoms with van der Waals surface area (Å²) in [6.45, 7) is 2.26. The van der Waals surface area contributed by atoms with Gasteiger partial charge in [0.2, 0.25) is 0 Å². The zero-order valence-corrected chi connectivity index (χ0v) is 14.4. The molecule has 0 aliphatic heterocycles. The second-order valence-electron chi connectivity index (χ2n) is 5.46. The topological polar surface area (TPSA) is 38.3 Å². The minimum absolute atomic E-state index is 0.193. The molecule has 3 aromatic rings. The van der Waals surface area contributed by atoms with Crippen molar-refractivity contribution < 1.29 is 13.9 Å². The number of halogens is 1. The number of hydrogen-bond donors (Lipinski definition) is 1. The maximum atomic E-state index is 14.2. The van der Waals surface area contributed by atoms with Crippen molar-refractivity contribution in [2.75, 3.05) is 12.4 Å². The van der Waals surface area contributed by atoms with Crippen LogP contribution in [0.3, 0.4) is 0 Å². The van der Waals surface area contributed by atoms with Crippen molar-refractivity contribution in [1.29, 1.82) is 0 Å². The van der Waals surface area contributed by atoms with E-state index in [0.717, 1.165) is 22.4 Å². The van der Waals surface area contributed by atoms with E-state index in [-0.39, 0.29) is 18.3 Å². The lowest BCUT2D eigenvalue weighted by Crippen LogP contribution is -2.12. The van der Waals surface area contributed by atoms with Gasteiger partial charge in [0, 0.05) is 28.4 Å². The number of hydrogen-bond acceptors (Lipinski definition) is 3. The molecule has 2 aromatic carbocycles. The molecule has 0 spiro atoms.